The Hall–Kier alpha value is -0.410. The van der Waals surface area contributed by atoms with Gasteiger partial charge in [0.2, 0.25) is 0 Å². The van der Waals surface area contributed by atoms with Gasteiger partial charge in [-0.05, 0) is 32.4 Å². The number of rotatable bonds is 3. The number of hydrogen-bond donors (Lipinski definition) is 0. The molecule has 0 aromatic carbocycles. The molecule has 2 aliphatic heterocycles. The first-order chi connectivity index (χ1) is 6.42. The van der Waals surface area contributed by atoms with Crippen LogP contribution >= 0.6 is 0 Å². The Morgan fingerprint density at radius 2 is 2.23 bits per heavy atom. The molecule has 2 fully saturated rings. The molecule has 1 radical (unpaired) electrons. The highest BCUT2D eigenvalue weighted by Crippen LogP contribution is 2.24. The van der Waals surface area contributed by atoms with Crippen LogP contribution in [0.2, 0.25) is 0 Å². The van der Waals surface area contributed by atoms with E-state index in [4.69, 9.17) is 4.74 Å². The maximum absolute atomic E-state index is 11.0. The summed E-state index contributed by atoms with van der Waals surface area (Å²) in [6, 6.07) is 0.0984. The van der Waals surface area contributed by atoms with E-state index >= 15 is 0 Å². The number of carbonyl (C=O) groups is 1. The fourth-order valence-corrected chi connectivity index (χ4v) is 2.22. The Bertz CT molecular complexity index is 156. The Labute approximate surface area is 79.0 Å². The summed E-state index contributed by atoms with van der Waals surface area (Å²) in [5.41, 5.74) is 0. The van der Waals surface area contributed by atoms with Crippen molar-refractivity contribution in [2.45, 2.75) is 25.3 Å². The standard InChI is InChI=1S/C10H16NO2/c12-7-10(9-3-6-13-8-9)11-4-1-2-5-11/h6-7,9-10H,1-5,8H2. The summed E-state index contributed by atoms with van der Waals surface area (Å²) in [7, 11) is 0. The lowest BCUT2D eigenvalue weighted by Crippen LogP contribution is -2.40. The van der Waals surface area contributed by atoms with Crippen LogP contribution in [0.15, 0.2) is 0 Å². The lowest BCUT2D eigenvalue weighted by Gasteiger charge is -2.26. The van der Waals surface area contributed by atoms with Gasteiger partial charge in [0, 0.05) is 5.92 Å². The average Bonchev–Trinajstić information content (AvgIpc) is 2.76. The first-order valence-corrected chi connectivity index (χ1v) is 5.04. The minimum absolute atomic E-state index is 0.0984. The third-order valence-electron chi connectivity index (χ3n) is 3.01. The van der Waals surface area contributed by atoms with Crippen molar-refractivity contribution >= 4 is 6.29 Å². The van der Waals surface area contributed by atoms with Crippen molar-refractivity contribution in [1.82, 2.24) is 4.90 Å². The van der Waals surface area contributed by atoms with Gasteiger partial charge in [-0.2, -0.15) is 0 Å². The number of carbonyl (C=O) groups excluding carboxylic acids is 1. The Morgan fingerprint density at radius 1 is 1.46 bits per heavy atom. The van der Waals surface area contributed by atoms with Crippen LogP contribution < -0.4 is 0 Å². The Balaban J connectivity index is 1.94. The first-order valence-electron chi connectivity index (χ1n) is 5.04. The second-order valence-electron chi connectivity index (χ2n) is 3.87. The van der Waals surface area contributed by atoms with E-state index in [1.54, 1.807) is 0 Å². The minimum atomic E-state index is 0.0984. The summed E-state index contributed by atoms with van der Waals surface area (Å²) in [5.74, 6) is 0.399. The number of nitrogens with zero attached hydrogens (tertiary/aromatic N) is 1. The lowest BCUT2D eigenvalue weighted by molar-refractivity contribution is -0.113. The normalized spacial score (nSPS) is 32.2. The SMILES string of the molecule is O=CC(C1C[CH]OC1)N1CCCC1. The molecule has 0 aromatic heterocycles. The Kier molecular flexibility index (Phi) is 2.96. The van der Waals surface area contributed by atoms with E-state index in [1.165, 1.54) is 12.8 Å². The van der Waals surface area contributed by atoms with Crippen LogP contribution in [0.4, 0.5) is 0 Å². The minimum Gasteiger partial charge on any atom is -0.375 e. The zero-order valence-electron chi connectivity index (χ0n) is 7.82. The third kappa shape index (κ3) is 1.92. The highest BCUT2D eigenvalue weighted by molar-refractivity contribution is 5.58. The second kappa shape index (κ2) is 4.20. The monoisotopic (exact) mass is 182 g/mol. The van der Waals surface area contributed by atoms with E-state index < -0.39 is 0 Å². The van der Waals surface area contributed by atoms with Crippen LogP contribution in [-0.2, 0) is 9.53 Å². The van der Waals surface area contributed by atoms with Crippen molar-refractivity contribution in [3.63, 3.8) is 0 Å². The molecular weight excluding hydrogens is 166 g/mol. The number of aldehydes is 1. The number of hydrogen-bond acceptors (Lipinski definition) is 3. The van der Waals surface area contributed by atoms with E-state index in [9.17, 15) is 4.79 Å². The molecule has 0 aliphatic carbocycles. The van der Waals surface area contributed by atoms with Gasteiger partial charge in [0.25, 0.3) is 0 Å². The van der Waals surface area contributed by atoms with E-state index in [-0.39, 0.29) is 6.04 Å². The van der Waals surface area contributed by atoms with Crippen LogP contribution in [0.25, 0.3) is 0 Å². The molecule has 2 atom stereocenters. The molecule has 73 valence electrons. The molecule has 2 rings (SSSR count). The lowest BCUT2D eigenvalue weighted by atomic mass is 9.99. The van der Waals surface area contributed by atoms with Crippen molar-refractivity contribution in [3.05, 3.63) is 6.61 Å². The van der Waals surface area contributed by atoms with Crippen LogP contribution in [-0.4, -0.2) is 36.9 Å². The molecule has 0 aromatic rings. The molecule has 0 amide bonds. The van der Waals surface area contributed by atoms with Gasteiger partial charge in [-0.25, -0.2) is 0 Å². The Morgan fingerprint density at radius 3 is 2.77 bits per heavy atom. The van der Waals surface area contributed by atoms with Crippen LogP contribution in [0, 0.1) is 12.5 Å². The molecule has 0 N–H and O–H groups in total. The van der Waals surface area contributed by atoms with Crippen molar-refractivity contribution in [2.24, 2.45) is 5.92 Å². The van der Waals surface area contributed by atoms with Gasteiger partial charge < -0.3 is 9.53 Å². The first kappa shape index (κ1) is 9.16. The number of likely N-dealkylation sites (tertiary alicyclic amines) is 1. The molecule has 3 heteroatoms. The highest BCUT2D eigenvalue weighted by atomic mass is 16.5. The van der Waals surface area contributed by atoms with Crippen LogP contribution in [0.5, 0.6) is 0 Å². The van der Waals surface area contributed by atoms with E-state index in [2.05, 4.69) is 4.90 Å². The predicted octanol–water partition coefficient (Wildman–Crippen LogP) is 0.848. The van der Waals surface area contributed by atoms with Gasteiger partial charge in [-0.15, -0.1) is 0 Å². The summed E-state index contributed by atoms with van der Waals surface area (Å²) in [4.78, 5) is 13.3. The summed E-state index contributed by atoms with van der Waals surface area (Å²) < 4.78 is 5.19. The van der Waals surface area contributed by atoms with Gasteiger partial charge in [-0.3, -0.25) is 4.90 Å². The largest absolute Gasteiger partial charge is 0.375 e. The summed E-state index contributed by atoms with van der Waals surface area (Å²) >= 11 is 0. The summed E-state index contributed by atoms with van der Waals surface area (Å²) in [6.45, 7) is 4.72. The molecule has 2 aliphatic rings. The molecule has 2 unspecified atom stereocenters. The fourth-order valence-electron chi connectivity index (χ4n) is 2.22. The third-order valence-corrected chi connectivity index (χ3v) is 3.01. The van der Waals surface area contributed by atoms with E-state index in [0.717, 1.165) is 32.4 Å². The van der Waals surface area contributed by atoms with Gasteiger partial charge in [0.05, 0.1) is 19.3 Å². The summed E-state index contributed by atoms with van der Waals surface area (Å²) in [6.07, 6.45) is 4.50. The van der Waals surface area contributed by atoms with Gasteiger partial charge in [-0.1, -0.05) is 0 Å². The predicted molar refractivity (Wildman–Crippen MR) is 49.0 cm³/mol. The zero-order chi connectivity index (χ0) is 9.10. The summed E-state index contributed by atoms with van der Waals surface area (Å²) in [5, 5.41) is 0. The molecule has 2 saturated heterocycles. The van der Waals surface area contributed by atoms with Crippen molar-refractivity contribution in [3.8, 4) is 0 Å². The van der Waals surface area contributed by atoms with Crippen molar-refractivity contribution < 1.29 is 9.53 Å². The topological polar surface area (TPSA) is 29.5 Å². The van der Waals surface area contributed by atoms with Crippen molar-refractivity contribution in [2.75, 3.05) is 19.7 Å². The average molecular weight is 182 g/mol. The molecule has 13 heavy (non-hydrogen) atoms. The zero-order valence-corrected chi connectivity index (χ0v) is 7.82. The maximum atomic E-state index is 11.0. The molecule has 2 heterocycles. The van der Waals surface area contributed by atoms with E-state index in [1.807, 2.05) is 6.61 Å². The number of ether oxygens (including phenoxy) is 1. The molecule has 0 spiro atoms. The van der Waals surface area contributed by atoms with Crippen LogP contribution in [0.3, 0.4) is 0 Å². The molecule has 0 bridgehead atoms. The molecule has 0 saturated carbocycles. The van der Waals surface area contributed by atoms with Crippen molar-refractivity contribution in [1.29, 1.82) is 0 Å². The quantitative estimate of drug-likeness (QED) is 0.606. The van der Waals surface area contributed by atoms with Gasteiger partial charge in [0.15, 0.2) is 0 Å². The molecule has 3 nitrogen and oxygen atoms in total. The fraction of sp³-hybridized carbons (Fsp3) is 0.800. The van der Waals surface area contributed by atoms with Gasteiger partial charge in [0.1, 0.15) is 6.29 Å². The highest BCUT2D eigenvalue weighted by Gasteiger charge is 2.31. The second-order valence-corrected chi connectivity index (χ2v) is 3.87. The van der Waals surface area contributed by atoms with Gasteiger partial charge >= 0.3 is 0 Å². The van der Waals surface area contributed by atoms with E-state index in [0.29, 0.717) is 5.92 Å². The maximum Gasteiger partial charge on any atom is 0.137 e. The smallest absolute Gasteiger partial charge is 0.137 e. The van der Waals surface area contributed by atoms with Crippen LogP contribution in [0.1, 0.15) is 19.3 Å². The molecular formula is C10H16NO2.